The number of carbonyl (C=O) groups is 2. The van der Waals surface area contributed by atoms with Gasteiger partial charge in [0, 0.05) is 11.8 Å². The van der Waals surface area contributed by atoms with E-state index in [4.69, 9.17) is 0 Å². The smallest absolute Gasteiger partial charge is 0.252 e. The van der Waals surface area contributed by atoms with Crippen molar-refractivity contribution in [3.8, 4) is 0 Å². The van der Waals surface area contributed by atoms with Gasteiger partial charge < -0.3 is 10.1 Å². The largest absolute Gasteiger partial charge is 0.323 e. The number of benzene rings is 1. The van der Waals surface area contributed by atoms with E-state index in [1.165, 1.54) is 0 Å². The van der Waals surface area contributed by atoms with Crippen LogP contribution in [0.3, 0.4) is 0 Å². The van der Waals surface area contributed by atoms with E-state index in [9.17, 15) is 18.0 Å². The number of carbonyl (C=O) groups excluding carboxylic acids is 2. The number of unbranched alkanes of at least 4 members (excludes halogenated alkanes) is 2. The molecule has 0 saturated carbocycles. The number of rotatable bonds is 11. The summed E-state index contributed by atoms with van der Waals surface area (Å²) in [6.07, 6.45) is 4.37. The summed E-state index contributed by atoms with van der Waals surface area (Å²) in [5.41, 5.74) is 1.70. The fourth-order valence-corrected chi connectivity index (χ4v) is 6.24. The van der Waals surface area contributed by atoms with E-state index in [-0.39, 0.29) is 9.99 Å². The molecule has 1 aromatic carbocycles. The molecule has 0 aliphatic rings. The van der Waals surface area contributed by atoms with Crippen LogP contribution in [0, 0.1) is 13.8 Å². The van der Waals surface area contributed by atoms with Crippen LogP contribution in [-0.2, 0) is 19.6 Å². The van der Waals surface area contributed by atoms with Gasteiger partial charge in [-0.2, -0.15) is 4.72 Å². The van der Waals surface area contributed by atoms with Crippen LogP contribution < -0.4 is 10.0 Å². The Morgan fingerprint density at radius 3 is 2.58 bits per heavy atom. The van der Waals surface area contributed by atoms with Crippen LogP contribution >= 0.6 is 11.3 Å². The molecule has 10 heteroatoms. The average molecular weight is 489 g/mol. The summed E-state index contributed by atoms with van der Waals surface area (Å²) in [6, 6.07) is 8.36. The van der Waals surface area contributed by atoms with Crippen molar-refractivity contribution in [2.24, 2.45) is 0 Å². The van der Waals surface area contributed by atoms with E-state index in [1.807, 2.05) is 24.3 Å². The van der Waals surface area contributed by atoms with E-state index in [2.05, 4.69) is 20.0 Å². The molecule has 33 heavy (non-hydrogen) atoms. The number of nitrogens with one attached hydrogen (secondary N) is 2. The number of ketones is 1. The number of aromatic nitrogens is 2. The molecule has 0 fully saturated rings. The first-order chi connectivity index (χ1) is 15.7. The molecular formula is C23H28N4O4S2. The SMILES string of the molecule is CC(=O)CCCCC[C@H](NS(=O)(=O)c1sc(C)nc1C)C(=O)Nc1cnc2ccccc2c1. The van der Waals surface area contributed by atoms with Gasteiger partial charge in [0.1, 0.15) is 11.8 Å². The van der Waals surface area contributed by atoms with Crippen LogP contribution in [0.1, 0.15) is 49.7 Å². The highest BCUT2D eigenvalue weighted by Crippen LogP contribution is 2.24. The number of nitrogens with zero attached hydrogens (tertiary/aromatic N) is 2. The normalized spacial score (nSPS) is 12.6. The van der Waals surface area contributed by atoms with Crippen molar-refractivity contribution in [1.82, 2.24) is 14.7 Å². The van der Waals surface area contributed by atoms with Crippen molar-refractivity contribution in [2.45, 2.75) is 63.1 Å². The van der Waals surface area contributed by atoms with Gasteiger partial charge >= 0.3 is 0 Å². The second kappa shape index (κ2) is 11.0. The highest BCUT2D eigenvalue weighted by molar-refractivity contribution is 7.91. The first-order valence-electron chi connectivity index (χ1n) is 10.8. The van der Waals surface area contributed by atoms with Crippen LogP contribution in [0.25, 0.3) is 10.9 Å². The Balaban J connectivity index is 1.76. The average Bonchev–Trinajstić information content (AvgIpc) is 3.11. The second-order valence-electron chi connectivity index (χ2n) is 7.99. The Hall–Kier alpha value is -2.69. The summed E-state index contributed by atoms with van der Waals surface area (Å²) < 4.78 is 28.7. The third-order valence-corrected chi connectivity index (χ3v) is 8.25. The van der Waals surface area contributed by atoms with Crippen molar-refractivity contribution < 1.29 is 18.0 Å². The molecule has 0 unspecified atom stereocenters. The zero-order valence-corrected chi connectivity index (χ0v) is 20.6. The maximum Gasteiger partial charge on any atom is 0.252 e. The minimum absolute atomic E-state index is 0.113. The lowest BCUT2D eigenvalue weighted by Gasteiger charge is -2.18. The van der Waals surface area contributed by atoms with Gasteiger partial charge in [-0.25, -0.2) is 13.4 Å². The molecule has 0 radical (unpaired) electrons. The van der Waals surface area contributed by atoms with Crippen molar-refractivity contribution in [2.75, 3.05) is 5.32 Å². The number of para-hydroxylation sites is 1. The Morgan fingerprint density at radius 2 is 1.88 bits per heavy atom. The molecule has 2 aromatic heterocycles. The first-order valence-corrected chi connectivity index (χ1v) is 13.1. The predicted octanol–water partition coefficient (Wildman–Crippen LogP) is 4.13. The van der Waals surface area contributed by atoms with Gasteiger partial charge in [-0.3, -0.25) is 9.78 Å². The molecule has 1 amide bonds. The van der Waals surface area contributed by atoms with Gasteiger partial charge in [0.05, 0.1) is 28.1 Å². The number of anilines is 1. The summed E-state index contributed by atoms with van der Waals surface area (Å²) in [5, 5.41) is 4.30. The Morgan fingerprint density at radius 1 is 1.12 bits per heavy atom. The molecule has 176 valence electrons. The number of sulfonamides is 1. The van der Waals surface area contributed by atoms with Crippen molar-refractivity contribution >= 4 is 49.6 Å². The number of Topliss-reactive ketones (excluding diaryl/α,β-unsaturated/α-hetero) is 1. The maximum atomic E-state index is 13.1. The minimum atomic E-state index is -3.92. The first kappa shape index (κ1) is 24.9. The molecule has 8 nitrogen and oxygen atoms in total. The van der Waals surface area contributed by atoms with Crippen LogP contribution in [-0.4, -0.2) is 36.1 Å². The summed E-state index contributed by atoms with van der Waals surface area (Å²) >= 11 is 1.07. The molecule has 2 heterocycles. The number of thiazole rings is 1. The van der Waals surface area contributed by atoms with Crippen molar-refractivity contribution in [3.05, 3.63) is 47.2 Å². The lowest BCUT2D eigenvalue weighted by Crippen LogP contribution is -2.43. The van der Waals surface area contributed by atoms with Crippen molar-refractivity contribution in [1.29, 1.82) is 0 Å². The maximum absolute atomic E-state index is 13.1. The topological polar surface area (TPSA) is 118 Å². The van der Waals surface area contributed by atoms with E-state index in [1.54, 1.807) is 33.0 Å². The molecule has 3 aromatic rings. The number of pyridine rings is 1. The van der Waals surface area contributed by atoms with Gasteiger partial charge in [0.25, 0.3) is 10.0 Å². The van der Waals surface area contributed by atoms with Gasteiger partial charge in [0.2, 0.25) is 5.91 Å². The standard InChI is InChI=1S/C23H28N4O4S2/c1-15(28)9-5-4-6-12-21(27-33(30,31)23-16(2)25-17(3)32-23)22(29)26-19-13-18-10-7-8-11-20(18)24-14-19/h7-8,10-11,13-14,21,27H,4-6,9,12H2,1-3H3,(H,26,29)/t21-/m0/s1. The summed E-state index contributed by atoms with van der Waals surface area (Å²) in [6.45, 7) is 4.92. The zero-order chi connectivity index (χ0) is 24.0. The number of aryl methyl sites for hydroxylation is 2. The van der Waals surface area contributed by atoms with Crippen LogP contribution in [0.15, 0.2) is 40.7 Å². The van der Waals surface area contributed by atoms with E-state index in [0.29, 0.717) is 42.1 Å². The highest BCUT2D eigenvalue weighted by Gasteiger charge is 2.28. The number of hydrogen-bond donors (Lipinski definition) is 2. The molecule has 0 aliphatic carbocycles. The minimum Gasteiger partial charge on any atom is -0.323 e. The summed E-state index contributed by atoms with van der Waals surface area (Å²) in [4.78, 5) is 32.8. The lowest BCUT2D eigenvalue weighted by molar-refractivity contribution is -0.118. The molecule has 2 N–H and O–H groups in total. The Kier molecular flexibility index (Phi) is 8.28. The monoisotopic (exact) mass is 488 g/mol. The molecule has 0 bridgehead atoms. The molecular weight excluding hydrogens is 460 g/mol. The number of fused-ring (bicyclic) bond motifs is 1. The van der Waals surface area contributed by atoms with Crippen LogP contribution in [0.5, 0.6) is 0 Å². The predicted molar refractivity (Wildman–Crippen MR) is 130 cm³/mol. The highest BCUT2D eigenvalue weighted by atomic mass is 32.2. The third kappa shape index (κ3) is 6.89. The lowest BCUT2D eigenvalue weighted by atomic mass is 10.1. The van der Waals surface area contributed by atoms with E-state index in [0.717, 1.165) is 28.7 Å². The van der Waals surface area contributed by atoms with Gasteiger partial charge in [0.15, 0.2) is 4.21 Å². The van der Waals surface area contributed by atoms with Gasteiger partial charge in [-0.1, -0.05) is 31.0 Å². The van der Waals surface area contributed by atoms with Crippen LogP contribution in [0.2, 0.25) is 0 Å². The molecule has 0 saturated heterocycles. The Labute approximate surface area is 197 Å². The second-order valence-corrected chi connectivity index (χ2v) is 11.1. The molecule has 0 spiro atoms. The van der Waals surface area contributed by atoms with Crippen molar-refractivity contribution in [3.63, 3.8) is 0 Å². The molecule has 1 atom stereocenters. The van der Waals surface area contributed by atoms with Gasteiger partial charge in [-0.05, 0) is 45.7 Å². The molecule has 3 rings (SSSR count). The van der Waals surface area contributed by atoms with E-state index < -0.39 is 22.0 Å². The fourth-order valence-electron chi connectivity index (χ4n) is 3.51. The van der Waals surface area contributed by atoms with E-state index >= 15 is 0 Å². The fraction of sp³-hybridized carbons (Fsp3) is 0.391. The summed E-state index contributed by atoms with van der Waals surface area (Å²) in [5.74, 6) is -0.342. The zero-order valence-electron chi connectivity index (χ0n) is 18.9. The quantitative estimate of drug-likeness (QED) is 0.392. The van der Waals surface area contributed by atoms with Gasteiger partial charge in [-0.15, -0.1) is 11.3 Å². The number of amides is 1. The molecule has 0 aliphatic heterocycles. The number of hydrogen-bond acceptors (Lipinski definition) is 7. The summed E-state index contributed by atoms with van der Waals surface area (Å²) in [7, 11) is -3.92. The van der Waals surface area contributed by atoms with Crippen LogP contribution in [0.4, 0.5) is 5.69 Å². The third-order valence-electron chi connectivity index (χ3n) is 5.10. The Bertz CT molecular complexity index is 1250.